The molecule has 2 rings (SSSR count). The van der Waals surface area contributed by atoms with Gasteiger partial charge in [-0.3, -0.25) is 15.2 Å². The first kappa shape index (κ1) is 21.9. The van der Waals surface area contributed by atoms with E-state index in [1.807, 2.05) is 38.1 Å². The first-order valence-corrected chi connectivity index (χ1v) is 10.9. The van der Waals surface area contributed by atoms with Gasteiger partial charge in [0.25, 0.3) is 5.91 Å². The molecule has 0 saturated carbocycles. The van der Waals surface area contributed by atoms with Gasteiger partial charge in [-0.1, -0.05) is 37.6 Å². The minimum Gasteiger partial charge on any atom is -0.286 e. The van der Waals surface area contributed by atoms with Crippen LogP contribution in [0.5, 0.6) is 0 Å². The van der Waals surface area contributed by atoms with Crippen molar-refractivity contribution in [1.82, 2.24) is 9.73 Å². The summed E-state index contributed by atoms with van der Waals surface area (Å²) in [6, 6.07) is 12.5. The van der Waals surface area contributed by atoms with Crippen molar-refractivity contribution in [3.8, 4) is 0 Å². The summed E-state index contributed by atoms with van der Waals surface area (Å²) >= 11 is 0. The van der Waals surface area contributed by atoms with E-state index in [1.165, 1.54) is 10.4 Å². The zero-order chi connectivity index (χ0) is 20.9. The number of benzene rings is 2. The molecule has 0 aliphatic rings. The molecule has 0 aliphatic carbocycles. The smallest absolute Gasteiger partial charge is 0.270 e. The highest BCUT2D eigenvalue weighted by molar-refractivity contribution is 7.89. The van der Waals surface area contributed by atoms with Gasteiger partial charge in [0.2, 0.25) is 10.0 Å². The molecule has 1 amide bonds. The van der Waals surface area contributed by atoms with Crippen LogP contribution < -0.4 is 10.4 Å². The molecule has 0 saturated heterocycles. The van der Waals surface area contributed by atoms with E-state index in [1.54, 1.807) is 37.9 Å². The maximum absolute atomic E-state index is 12.9. The number of nitrogens with one attached hydrogen (secondary N) is 1. The maximum Gasteiger partial charge on any atom is 0.270 e. The van der Waals surface area contributed by atoms with Crippen LogP contribution in [0, 0.1) is 13.8 Å². The van der Waals surface area contributed by atoms with Gasteiger partial charge < -0.3 is 0 Å². The lowest BCUT2D eigenvalue weighted by molar-refractivity contribution is 0.0948. The van der Waals surface area contributed by atoms with Gasteiger partial charge in [-0.25, -0.2) is 8.42 Å². The zero-order valence-electron chi connectivity index (χ0n) is 17.2. The Morgan fingerprint density at radius 1 is 0.929 bits per heavy atom. The van der Waals surface area contributed by atoms with Gasteiger partial charge in [-0.2, -0.15) is 4.31 Å². The molecule has 0 bridgehead atoms. The van der Waals surface area contributed by atoms with Crippen molar-refractivity contribution in [3.05, 3.63) is 59.2 Å². The number of rotatable bonds is 8. The second-order valence-electron chi connectivity index (χ2n) is 6.59. The average Bonchev–Trinajstić information content (AvgIpc) is 2.67. The second kappa shape index (κ2) is 9.21. The monoisotopic (exact) mass is 403 g/mol. The van der Waals surface area contributed by atoms with Crippen molar-refractivity contribution in [2.24, 2.45) is 0 Å². The molecule has 0 atom stereocenters. The van der Waals surface area contributed by atoms with Gasteiger partial charge in [0, 0.05) is 25.2 Å². The van der Waals surface area contributed by atoms with E-state index in [-0.39, 0.29) is 10.8 Å². The number of hydrogen-bond donors (Lipinski definition) is 1. The van der Waals surface area contributed by atoms with Gasteiger partial charge in [-0.15, -0.1) is 0 Å². The number of carbonyl (C=O) groups excluding carboxylic acids is 1. The average molecular weight is 404 g/mol. The van der Waals surface area contributed by atoms with Gasteiger partial charge in [-0.05, 0) is 50.6 Å². The molecule has 6 nitrogen and oxygen atoms in total. The number of nitrogens with zero attached hydrogens (tertiary/aromatic N) is 2. The van der Waals surface area contributed by atoms with Crippen molar-refractivity contribution in [2.45, 2.75) is 39.5 Å². The summed E-state index contributed by atoms with van der Waals surface area (Å²) in [6.45, 7) is 10.7. The Labute approximate surface area is 168 Å². The lowest BCUT2D eigenvalue weighted by atomic mass is 10.1. The number of hydrogen-bond acceptors (Lipinski definition) is 4. The Hall–Kier alpha value is -2.38. The fraction of sp³-hybridized carbons (Fsp3) is 0.381. The first-order valence-electron chi connectivity index (χ1n) is 9.50. The van der Waals surface area contributed by atoms with Gasteiger partial charge >= 0.3 is 0 Å². The van der Waals surface area contributed by atoms with E-state index in [4.69, 9.17) is 0 Å². The molecule has 7 heteroatoms. The third-order valence-corrected chi connectivity index (χ3v) is 6.74. The third kappa shape index (κ3) is 4.72. The molecule has 28 heavy (non-hydrogen) atoms. The Morgan fingerprint density at radius 3 is 2.07 bits per heavy atom. The molecule has 0 fully saturated rings. The van der Waals surface area contributed by atoms with Crippen LogP contribution in [0.1, 0.15) is 42.3 Å². The standard InChI is InChI=1S/C21H29N3O3S/c1-6-23(7-2)28(26,27)19-14-11-17(5)20(15-19)21(25)22-24(8-3)18-12-9-16(4)10-13-18/h9-15H,6-8H2,1-5H3,(H,22,25). The predicted octanol–water partition coefficient (Wildman–Crippen LogP) is 3.51. The number of anilines is 1. The lowest BCUT2D eigenvalue weighted by Gasteiger charge is -2.25. The van der Waals surface area contributed by atoms with E-state index in [0.717, 1.165) is 16.8 Å². The van der Waals surface area contributed by atoms with Crippen LogP contribution in [0.4, 0.5) is 5.69 Å². The summed E-state index contributed by atoms with van der Waals surface area (Å²) in [5.41, 5.74) is 5.95. The minimum atomic E-state index is -3.63. The molecule has 0 radical (unpaired) electrons. The molecule has 0 aromatic heterocycles. The zero-order valence-corrected chi connectivity index (χ0v) is 18.0. The fourth-order valence-electron chi connectivity index (χ4n) is 2.95. The van der Waals surface area contributed by atoms with Crippen LogP contribution in [0.15, 0.2) is 47.4 Å². The summed E-state index contributed by atoms with van der Waals surface area (Å²) in [4.78, 5) is 13.0. The van der Waals surface area contributed by atoms with Crippen molar-refractivity contribution in [2.75, 3.05) is 24.6 Å². The maximum atomic E-state index is 12.9. The molecular formula is C21H29N3O3S. The minimum absolute atomic E-state index is 0.130. The van der Waals surface area contributed by atoms with E-state index in [9.17, 15) is 13.2 Å². The normalized spacial score (nSPS) is 11.5. The molecule has 0 heterocycles. The van der Waals surface area contributed by atoms with Crippen LogP contribution in [-0.2, 0) is 10.0 Å². The summed E-state index contributed by atoms with van der Waals surface area (Å²) in [5.74, 6) is -0.337. The number of carbonyl (C=O) groups is 1. The quantitative estimate of drug-likeness (QED) is 0.685. The van der Waals surface area contributed by atoms with Gasteiger partial charge in [0.1, 0.15) is 0 Å². The van der Waals surface area contributed by atoms with E-state index in [0.29, 0.717) is 25.2 Å². The lowest BCUT2D eigenvalue weighted by Crippen LogP contribution is -2.42. The molecular weight excluding hydrogens is 374 g/mol. The summed E-state index contributed by atoms with van der Waals surface area (Å²) in [6.07, 6.45) is 0. The van der Waals surface area contributed by atoms with Crippen LogP contribution in [0.25, 0.3) is 0 Å². The van der Waals surface area contributed by atoms with E-state index < -0.39 is 10.0 Å². The molecule has 2 aromatic carbocycles. The molecule has 0 aliphatic heterocycles. The van der Waals surface area contributed by atoms with Crippen LogP contribution in [-0.4, -0.2) is 38.3 Å². The first-order chi connectivity index (χ1) is 13.2. The number of sulfonamides is 1. The van der Waals surface area contributed by atoms with Crippen molar-refractivity contribution < 1.29 is 13.2 Å². The topological polar surface area (TPSA) is 69.7 Å². The summed E-state index contributed by atoms with van der Waals surface area (Å²) in [5, 5.41) is 1.74. The highest BCUT2D eigenvalue weighted by atomic mass is 32.2. The largest absolute Gasteiger partial charge is 0.286 e. The molecule has 1 N–H and O–H groups in total. The van der Waals surface area contributed by atoms with Crippen molar-refractivity contribution >= 4 is 21.6 Å². The van der Waals surface area contributed by atoms with E-state index >= 15 is 0 Å². The molecule has 0 unspecified atom stereocenters. The highest BCUT2D eigenvalue weighted by Gasteiger charge is 2.24. The predicted molar refractivity (Wildman–Crippen MR) is 113 cm³/mol. The Balaban J connectivity index is 2.33. The van der Waals surface area contributed by atoms with E-state index in [2.05, 4.69) is 5.43 Å². The highest BCUT2D eigenvalue weighted by Crippen LogP contribution is 2.20. The number of aryl methyl sites for hydroxylation is 2. The van der Waals surface area contributed by atoms with Gasteiger partial charge in [0.15, 0.2) is 0 Å². The second-order valence-corrected chi connectivity index (χ2v) is 8.52. The SMILES string of the molecule is CCN(NC(=O)c1cc(S(=O)(=O)N(CC)CC)ccc1C)c1ccc(C)cc1. The van der Waals surface area contributed by atoms with Gasteiger partial charge in [0.05, 0.1) is 10.6 Å². The summed E-state index contributed by atoms with van der Waals surface area (Å²) in [7, 11) is -3.63. The molecule has 152 valence electrons. The Bertz CT molecular complexity index is 920. The van der Waals surface area contributed by atoms with Crippen LogP contribution in [0.2, 0.25) is 0 Å². The molecule has 0 spiro atoms. The summed E-state index contributed by atoms with van der Waals surface area (Å²) < 4.78 is 27.0. The number of hydrazine groups is 1. The fourth-order valence-corrected chi connectivity index (χ4v) is 4.44. The Kier molecular flexibility index (Phi) is 7.21. The van der Waals surface area contributed by atoms with Crippen molar-refractivity contribution in [3.63, 3.8) is 0 Å². The Morgan fingerprint density at radius 2 is 1.54 bits per heavy atom. The molecule has 2 aromatic rings. The van der Waals surface area contributed by atoms with Crippen LogP contribution in [0.3, 0.4) is 0 Å². The third-order valence-electron chi connectivity index (χ3n) is 4.70. The number of amides is 1. The van der Waals surface area contributed by atoms with Crippen LogP contribution >= 0.6 is 0 Å². The van der Waals surface area contributed by atoms with Crippen molar-refractivity contribution in [1.29, 1.82) is 0 Å².